The first-order valence-electron chi connectivity index (χ1n) is 9.12. The number of amides is 2. The summed E-state index contributed by atoms with van der Waals surface area (Å²) in [6, 6.07) is 17.5. The van der Waals surface area contributed by atoms with Crippen molar-refractivity contribution in [3.05, 3.63) is 71.8 Å². The number of ether oxygens (including phenoxy) is 1. The fourth-order valence-electron chi connectivity index (χ4n) is 2.49. The molecule has 27 heavy (non-hydrogen) atoms. The fourth-order valence-corrected chi connectivity index (χ4v) is 2.49. The van der Waals surface area contributed by atoms with E-state index in [0.717, 1.165) is 16.9 Å². The molecule has 2 aromatic carbocycles. The van der Waals surface area contributed by atoms with E-state index >= 15 is 0 Å². The van der Waals surface area contributed by atoms with Gasteiger partial charge in [-0.05, 0) is 43.2 Å². The molecular formula is C22H26N2O3. The van der Waals surface area contributed by atoms with Crippen molar-refractivity contribution in [1.82, 2.24) is 10.2 Å². The molecule has 0 aliphatic heterocycles. The van der Waals surface area contributed by atoms with Crippen molar-refractivity contribution < 1.29 is 14.3 Å². The lowest BCUT2D eigenvalue weighted by Gasteiger charge is -2.18. The molecule has 0 spiro atoms. The summed E-state index contributed by atoms with van der Waals surface area (Å²) in [7, 11) is 0. The average molecular weight is 366 g/mol. The van der Waals surface area contributed by atoms with Gasteiger partial charge in [0.15, 0.2) is 0 Å². The van der Waals surface area contributed by atoms with E-state index in [4.69, 9.17) is 4.74 Å². The van der Waals surface area contributed by atoms with Crippen molar-refractivity contribution >= 4 is 17.9 Å². The minimum atomic E-state index is -0.195. The summed E-state index contributed by atoms with van der Waals surface area (Å²) in [5.41, 5.74) is 1.96. The van der Waals surface area contributed by atoms with E-state index in [1.807, 2.05) is 68.4 Å². The van der Waals surface area contributed by atoms with Crippen LogP contribution in [0.1, 0.15) is 25.0 Å². The minimum Gasteiger partial charge on any atom is -0.489 e. The van der Waals surface area contributed by atoms with Crippen molar-refractivity contribution in [2.75, 3.05) is 19.6 Å². The third kappa shape index (κ3) is 6.98. The molecule has 0 bridgehead atoms. The van der Waals surface area contributed by atoms with Gasteiger partial charge in [0.25, 0.3) is 0 Å². The summed E-state index contributed by atoms with van der Waals surface area (Å²) in [5.74, 6) is 0.389. The topological polar surface area (TPSA) is 58.6 Å². The molecule has 0 unspecified atom stereocenters. The predicted octanol–water partition coefficient (Wildman–Crippen LogP) is 3.26. The van der Waals surface area contributed by atoms with Crippen molar-refractivity contribution in [3.63, 3.8) is 0 Å². The standard InChI is InChI=1S/C22H26N2O3/c1-3-23-21(25)16-24(4-2)22(26)14-13-18-11-8-12-20(15-18)27-17-19-9-6-5-7-10-19/h5-15H,3-4,16-17H2,1-2H3,(H,23,25)/b14-13+. The number of nitrogens with one attached hydrogen (secondary N) is 1. The molecule has 2 amide bonds. The molecule has 0 aliphatic rings. The maximum Gasteiger partial charge on any atom is 0.247 e. The highest BCUT2D eigenvalue weighted by Gasteiger charge is 2.12. The zero-order chi connectivity index (χ0) is 19.5. The van der Waals surface area contributed by atoms with E-state index < -0.39 is 0 Å². The lowest BCUT2D eigenvalue weighted by Crippen LogP contribution is -2.39. The Morgan fingerprint density at radius 2 is 1.85 bits per heavy atom. The summed E-state index contributed by atoms with van der Waals surface area (Å²) < 4.78 is 5.81. The molecule has 0 heterocycles. The van der Waals surface area contributed by atoms with Gasteiger partial charge in [-0.2, -0.15) is 0 Å². The van der Waals surface area contributed by atoms with Crippen LogP contribution >= 0.6 is 0 Å². The van der Waals surface area contributed by atoms with E-state index in [2.05, 4.69) is 5.32 Å². The first-order valence-corrected chi connectivity index (χ1v) is 9.12. The van der Waals surface area contributed by atoms with Crippen LogP contribution in [0.3, 0.4) is 0 Å². The molecule has 0 saturated carbocycles. The van der Waals surface area contributed by atoms with Crippen LogP contribution in [0.4, 0.5) is 0 Å². The van der Waals surface area contributed by atoms with Crippen molar-refractivity contribution in [1.29, 1.82) is 0 Å². The van der Waals surface area contributed by atoms with Crippen LogP contribution in [0.25, 0.3) is 6.08 Å². The molecule has 1 N–H and O–H groups in total. The van der Waals surface area contributed by atoms with Gasteiger partial charge in [0.05, 0.1) is 6.54 Å². The largest absolute Gasteiger partial charge is 0.489 e. The molecule has 0 atom stereocenters. The van der Waals surface area contributed by atoms with Crippen LogP contribution < -0.4 is 10.1 Å². The Labute approximate surface area is 160 Å². The Morgan fingerprint density at radius 3 is 2.56 bits per heavy atom. The van der Waals surface area contributed by atoms with Crippen LogP contribution in [-0.2, 0) is 16.2 Å². The molecule has 0 fully saturated rings. The lowest BCUT2D eigenvalue weighted by molar-refractivity contribution is -0.132. The average Bonchev–Trinajstić information content (AvgIpc) is 2.70. The van der Waals surface area contributed by atoms with Gasteiger partial charge in [-0.15, -0.1) is 0 Å². The van der Waals surface area contributed by atoms with Gasteiger partial charge >= 0.3 is 0 Å². The molecule has 0 aliphatic carbocycles. The zero-order valence-corrected chi connectivity index (χ0v) is 15.9. The lowest BCUT2D eigenvalue weighted by atomic mass is 10.2. The molecule has 0 aromatic heterocycles. The first-order chi connectivity index (χ1) is 13.1. The SMILES string of the molecule is CCNC(=O)CN(CC)C(=O)/C=C/c1cccc(OCc2ccccc2)c1. The summed E-state index contributed by atoms with van der Waals surface area (Å²) in [5, 5.41) is 2.70. The van der Waals surface area contributed by atoms with Crippen LogP contribution in [0.2, 0.25) is 0 Å². The van der Waals surface area contributed by atoms with E-state index in [0.29, 0.717) is 19.7 Å². The first kappa shape index (κ1) is 20.2. The van der Waals surface area contributed by atoms with Gasteiger partial charge in [-0.3, -0.25) is 9.59 Å². The van der Waals surface area contributed by atoms with Gasteiger partial charge in [0, 0.05) is 19.2 Å². The van der Waals surface area contributed by atoms with Crippen LogP contribution in [0.15, 0.2) is 60.7 Å². The predicted molar refractivity (Wildman–Crippen MR) is 107 cm³/mol. The Hall–Kier alpha value is -3.08. The van der Waals surface area contributed by atoms with Gasteiger partial charge in [-0.1, -0.05) is 42.5 Å². The minimum absolute atomic E-state index is 0.0632. The highest BCUT2D eigenvalue weighted by Crippen LogP contribution is 2.16. The summed E-state index contributed by atoms with van der Waals surface area (Å²) >= 11 is 0. The Kier molecular flexibility index (Phi) is 8.10. The maximum absolute atomic E-state index is 12.3. The van der Waals surface area contributed by atoms with Gasteiger partial charge < -0.3 is 15.0 Å². The number of benzene rings is 2. The third-order valence-corrected chi connectivity index (χ3v) is 3.93. The zero-order valence-electron chi connectivity index (χ0n) is 15.9. The summed E-state index contributed by atoms with van der Waals surface area (Å²) in [6.45, 7) is 5.28. The Morgan fingerprint density at radius 1 is 1.07 bits per heavy atom. The van der Waals surface area contributed by atoms with E-state index in [-0.39, 0.29) is 18.4 Å². The van der Waals surface area contributed by atoms with Gasteiger partial charge in [0.2, 0.25) is 11.8 Å². The number of nitrogens with zero attached hydrogens (tertiary/aromatic N) is 1. The smallest absolute Gasteiger partial charge is 0.247 e. The molecule has 2 rings (SSSR count). The second-order valence-corrected chi connectivity index (χ2v) is 5.99. The maximum atomic E-state index is 12.3. The van der Waals surface area contributed by atoms with Crippen LogP contribution in [0, 0.1) is 0 Å². The number of hydrogen-bond acceptors (Lipinski definition) is 3. The Bertz CT molecular complexity index is 772. The van der Waals surface area contributed by atoms with Gasteiger partial charge in [0.1, 0.15) is 12.4 Å². The van der Waals surface area contributed by atoms with E-state index in [9.17, 15) is 9.59 Å². The Balaban J connectivity index is 1.95. The van der Waals surface area contributed by atoms with Gasteiger partial charge in [-0.25, -0.2) is 0 Å². The number of hydrogen-bond donors (Lipinski definition) is 1. The monoisotopic (exact) mass is 366 g/mol. The molecule has 142 valence electrons. The molecular weight excluding hydrogens is 340 g/mol. The molecule has 2 aromatic rings. The number of likely N-dealkylation sites (N-methyl/N-ethyl adjacent to an activating group) is 2. The number of carbonyl (C=O) groups is 2. The van der Waals surface area contributed by atoms with Crippen molar-refractivity contribution in [2.45, 2.75) is 20.5 Å². The quantitative estimate of drug-likeness (QED) is 0.693. The van der Waals surface area contributed by atoms with E-state index in [1.54, 1.807) is 6.08 Å². The van der Waals surface area contributed by atoms with Crippen LogP contribution in [-0.4, -0.2) is 36.3 Å². The second kappa shape index (κ2) is 10.8. The van der Waals surface area contributed by atoms with Crippen molar-refractivity contribution in [3.8, 4) is 5.75 Å². The number of rotatable bonds is 9. The number of carbonyl (C=O) groups excluding carboxylic acids is 2. The van der Waals surface area contributed by atoms with Crippen LogP contribution in [0.5, 0.6) is 5.75 Å². The highest BCUT2D eigenvalue weighted by molar-refractivity contribution is 5.94. The molecule has 5 heteroatoms. The fraction of sp³-hybridized carbons (Fsp3) is 0.273. The molecule has 5 nitrogen and oxygen atoms in total. The van der Waals surface area contributed by atoms with E-state index in [1.165, 1.54) is 11.0 Å². The third-order valence-electron chi connectivity index (χ3n) is 3.93. The summed E-state index contributed by atoms with van der Waals surface area (Å²) in [4.78, 5) is 25.5. The molecule has 0 radical (unpaired) electrons. The van der Waals surface area contributed by atoms with Crippen molar-refractivity contribution in [2.24, 2.45) is 0 Å². The summed E-state index contributed by atoms with van der Waals surface area (Å²) in [6.07, 6.45) is 3.22. The molecule has 0 saturated heterocycles. The normalized spacial score (nSPS) is 10.6. The highest BCUT2D eigenvalue weighted by atomic mass is 16.5. The second-order valence-electron chi connectivity index (χ2n) is 5.99.